The fraction of sp³-hybridized carbons (Fsp3) is 0.440. The number of methoxy groups -OCH3 is 2. The molecule has 2 unspecified atom stereocenters. The molecule has 3 rings (SSSR count). The van der Waals surface area contributed by atoms with Gasteiger partial charge >= 0.3 is 24.5 Å². The quantitative estimate of drug-likeness (QED) is 0.367. The number of rotatable bonds is 5. The van der Waals surface area contributed by atoms with Gasteiger partial charge in [0.2, 0.25) is 0 Å². The van der Waals surface area contributed by atoms with Gasteiger partial charge in [-0.25, -0.2) is 14.0 Å². The third-order valence-corrected chi connectivity index (χ3v) is 6.18. The smallest absolute Gasteiger partial charge is 0.416 e. The Bertz CT molecular complexity index is 1200. The minimum Gasteiger partial charge on any atom is -0.494 e. The molecule has 2 amide bonds. The normalized spacial score (nSPS) is 17.4. The molecule has 14 heteroatoms. The van der Waals surface area contributed by atoms with Crippen molar-refractivity contribution in [2.75, 3.05) is 25.7 Å². The van der Waals surface area contributed by atoms with Gasteiger partial charge in [-0.3, -0.25) is 9.80 Å². The van der Waals surface area contributed by atoms with Crippen LogP contribution < -0.4 is 9.64 Å². The number of fused-ring (bicyclic) bond motifs is 1. The highest BCUT2D eigenvalue weighted by atomic mass is 19.4. The fourth-order valence-corrected chi connectivity index (χ4v) is 4.48. The van der Waals surface area contributed by atoms with Crippen molar-refractivity contribution in [2.24, 2.45) is 0 Å². The SMILES string of the molecule is CCOC(=O)N1c2cc(OC)c(F)cc2C(N(Cc2cc(C(F)(F)F)cc(C(F)(F)F)c2)C(=O)OC)CC1C. The van der Waals surface area contributed by atoms with Gasteiger partial charge < -0.3 is 14.2 Å². The van der Waals surface area contributed by atoms with Crippen molar-refractivity contribution >= 4 is 17.9 Å². The van der Waals surface area contributed by atoms with E-state index in [2.05, 4.69) is 0 Å². The van der Waals surface area contributed by atoms with E-state index in [4.69, 9.17) is 14.2 Å². The third kappa shape index (κ3) is 6.31. The monoisotopic (exact) mass is 566 g/mol. The summed E-state index contributed by atoms with van der Waals surface area (Å²) in [7, 11) is 2.17. The number of benzene rings is 2. The third-order valence-electron chi connectivity index (χ3n) is 6.18. The molecular weight excluding hydrogens is 541 g/mol. The Morgan fingerprint density at radius 2 is 1.59 bits per heavy atom. The van der Waals surface area contributed by atoms with Crippen LogP contribution in [0.2, 0.25) is 0 Å². The van der Waals surface area contributed by atoms with Gasteiger partial charge in [0, 0.05) is 24.2 Å². The summed E-state index contributed by atoms with van der Waals surface area (Å²) in [6.45, 7) is 2.43. The van der Waals surface area contributed by atoms with E-state index in [1.165, 1.54) is 18.1 Å². The molecule has 2 atom stereocenters. The number of hydrogen-bond donors (Lipinski definition) is 0. The second-order valence-electron chi connectivity index (χ2n) is 8.73. The summed E-state index contributed by atoms with van der Waals surface area (Å²) in [5.74, 6) is -1.11. The molecular formula is C25H25F7N2O5. The number of alkyl halides is 6. The molecule has 0 aromatic heterocycles. The molecule has 1 aliphatic heterocycles. The first-order valence-corrected chi connectivity index (χ1v) is 11.6. The van der Waals surface area contributed by atoms with Gasteiger partial charge in [0.25, 0.3) is 0 Å². The van der Waals surface area contributed by atoms with Crippen molar-refractivity contribution in [2.45, 2.75) is 51.2 Å². The lowest BCUT2D eigenvalue weighted by atomic mass is 9.90. The molecule has 2 aromatic carbocycles. The summed E-state index contributed by atoms with van der Waals surface area (Å²) in [6.07, 6.45) is -12.1. The average Bonchev–Trinajstić information content (AvgIpc) is 2.85. The van der Waals surface area contributed by atoms with E-state index in [1.54, 1.807) is 13.8 Å². The molecule has 0 radical (unpaired) electrons. The van der Waals surface area contributed by atoms with E-state index in [0.29, 0.717) is 12.1 Å². The zero-order valence-corrected chi connectivity index (χ0v) is 21.2. The first-order valence-electron chi connectivity index (χ1n) is 11.6. The standard InChI is InChI=1S/C25H25F7N2O5/c1-5-39-23(36)34-13(2)6-19(17-10-18(26)21(37-3)11-20(17)34)33(22(35)38-4)12-14-7-15(24(27,28)29)9-16(8-14)25(30,31)32/h7-11,13,19H,5-6,12H2,1-4H3. The maximum atomic E-state index is 14.8. The molecule has 0 saturated heterocycles. The van der Waals surface area contributed by atoms with Crippen LogP contribution in [0, 0.1) is 5.82 Å². The number of carbonyl (C=O) groups excluding carboxylic acids is 2. The first kappa shape index (κ1) is 29.8. The van der Waals surface area contributed by atoms with Crippen molar-refractivity contribution < 1.29 is 54.5 Å². The van der Waals surface area contributed by atoms with E-state index < -0.39 is 65.7 Å². The second-order valence-corrected chi connectivity index (χ2v) is 8.73. The van der Waals surface area contributed by atoms with E-state index >= 15 is 0 Å². The van der Waals surface area contributed by atoms with Crippen molar-refractivity contribution in [1.29, 1.82) is 0 Å². The Balaban J connectivity index is 2.18. The van der Waals surface area contributed by atoms with Crippen LogP contribution in [0.5, 0.6) is 5.75 Å². The van der Waals surface area contributed by atoms with Crippen LogP contribution in [-0.4, -0.2) is 44.0 Å². The summed E-state index contributed by atoms with van der Waals surface area (Å²) in [5.41, 5.74) is -3.46. The van der Waals surface area contributed by atoms with E-state index in [0.717, 1.165) is 18.1 Å². The van der Waals surface area contributed by atoms with Crippen LogP contribution in [0.3, 0.4) is 0 Å². The maximum Gasteiger partial charge on any atom is 0.416 e. The molecule has 7 nitrogen and oxygen atoms in total. The zero-order chi connectivity index (χ0) is 29.3. The molecule has 0 fully saturated rings. The highest BCUT2D eigenvalue weighted by molar-refractivity contribution is 5.91. The van der Waals surface area contributed by atoms with E-state index in [9.17, 15) is 40.3 Å². The number of hydrogen-bond acceptors (Lipinski definition) is 5. The molecule has 0 spiro atoms. The molecule has 2 aromatic rings. The van der Waals surface area contributed by atoms with Gasteiger partial charge in [-0.1, -0.05) is 0 Å². The number of ether oxygens (including phenoxy) is 3. The molecule has 0 bridgehead atoms. The van der Waals surface area contributed by atoms with Gasteiger partial charge in [-0.05, 0) is 50.1 Å². The summed E-state index contributed by atoms with van der Waals surface area (Å²) >= 11 is 0. The summed E-state index contributed by atoms with van der Waals surface area (Å²) in [5, 5.41) is 0. The number of amides is 2. The lowest BCUT2D eigenvalue weighted by molar-refractivity contribution is -0.143. The second kappa shape index (κ2) is 11.2. The average molecular weight is 566 g/mol. The van der Waals surface area contributed by atoms with Crippen LogP contribution in [0.25, 0.3) is 0 Å². The van der Waals surface area contributed by atoms with Crippen LogP contribution in [0.15, 0.2) is 30.3 Å². The molecule has 0 N–H and O–H groups in total. The molecule has 0 aliphatic carbocycles. The van der Waals surface area contributed by atoms with Crippen LogP contribution in [0.4, 0.5) is 46.0 Å². The molecule has 214 valence electrons. The van der Waals surface area contributed by atoms with E-state index in [1.807, 2.05) is 0 Å². The number of halogens is 7. The Kier molecular flexibility index (Phi) is 8.56. The Hall–Kier alpha value is -3.71. The highest BCUT2D eigenvalue weighted by Gasteiger charge is 2.41. The number of nitrogens with zero attached hydrogens (tertiary/aromatic N) is 2. The van der Waals surface area contributed by atoms with Gasteiger partial charge in [-0.15, -0.1) is 0 Å². The largest absolute Gasteiger partial charge is 0.494 e. The molecule has 0 saturated carbocycles. The minimum absolute atomic E-state index is 0.0184. The Morgan fingerprint density at radius 1 is 1.00 bits per heavy atom. The first-order chi connectivity index (χ1) is 18.1. The topological polar surface area (TPSA) is 68.3 Å². The summed E-state index contributed by atoms with van der Waals surface area (Å²) < 4.78 is 110. The van der Waals surface area contributed by atoms with Crippen LogP contribution in [-0.2, 0) is 28.4 Å². The van der Waals surface area contributed by atoms with E-state index in [-0.39, 0.29) is 36.1 Å². The van der Waals surface area contributed by atoms with Crippen LogP contribution >= 0.6 is 0 Å². The van der Waals surface area contributed by atoms with Crippen molar-refractivity contribution in [3.8, 4) is 5.75 Å². The Labute approximate surface area is 219 Å². The van der Waals surface area contributed by atoms with Gasteiger partial charge in [0.05, 0.1) is 43.7 Å². The van der Waals surface area contributed by atoms with Crippen molar-refractivity contribution in [1.82, 2.24) is 4.90 Å². The fourth-order valence-electron chi connectivity index (χ4n) is 4.48. The van der Waals surface area contributed by atoms with Crippen molar-refractivity contribution in [3.63, 3.8) is 0 Å². The van der Waals surface area contributed by atoms with Gasteiger partial charge in [-0.2, -0.15) is 26.3 Å². The highest BCUT2D eigenvalue weighted by Crippen LogP contribution is 2.45. The predicted molar refractivity (Wildman–Crippen MR) is 124 cm³/mol. The van der Waals surface area contributed by atoms with Gasteiger partial charge in [0.1, 0.15) is 0 Å². The molecule has 39 heavy (non-hydrogen) atoms. The van der Waals surface area contributed by atoms with Gasteiger partial charge in [0.15, 0.2) is 11.6 Å². The number of anilines is 1. The van der Waals surface area contributed by atoms with Crippen molar-refractivity contribution in [3.05, 3.63) is 58.4 Å². The summed E-state index contributed by atoms with van der Waals surface area (Å²) in [4.78, 5) is 27.7. The minimum atomic E-state index is -5.10. The molecule has 1 aliphatic rings. The summed E-state index contributed by atoms with van der Waals surface area (Å²) in [6, 6.07) is 1.35. The number of carbonyl (C=O) groups is 2. The lowest BCUT2D eigenvalue weighted by Crippen LogP contribution is -2.47. The lowest BCUT2D eigenvalue weighted by Gasteiger charge is -2.42. The maximum absolute atomic E-state index is 14.8. The molecule has 1 heterocycles. The predicted octanol–water partition coefficient (Wildman–Crippen LogP) is 6.94. The van der Waals surface area contributed by atoms with Crippen LogP contribution in [0.1, 0.15) is 48.6 Å². The zero-order valence-electron chi connectivity index (χ0n) is 21.2. The Morgan fingerprint density at radius 3 is 2.08 bits per heavy atom.